The van der Waals surface area contributed by atoms with Crippen LogP contribution in [0.15, 0.2) is 23.9 Å². The molecule has 3 heterocycles. The summed E-state index contributed by atoms with van der Waals surface area (Å²) in [6.45, 7) is 6.90. The van der Waals surface area contributed by atoms with Crippen molar-refractivity contribution >= 4 is 11.5 Å². The Balaban J connectivity index is 1.51. The van der Waals surface area contributed by atoms with E-state index in [0.717, 1.165) is 30.7 Å². The zero-order chi connectivity index (χ0) is 14.2. The van der Waals surface area contributed by atoms with E-state index >= 15 is 0 Å². The molecule has 0 spiro atoms. The van der Waals surface area contributed by atoms with E-state index in [2.05, 4.69) is 39.1 Å². The molecule has 4 rings (SSSR count). The fourth-order valence-corrected chi connectivity index (χ4v) is 4.12. The summed E-state index contributed by atoms with van der Waals surface area (Å²) >= 11 is 0. The van der Waals surface area contributed by atoms with Gasteiger partial charge in [0.2, 0.25) is 0 Å². The Labute approximate surface area is 126 Å². The minimum Gasteiger partial charge on any atom is -0.370 e. The Morgan fingerprint density at radius 1 is 1.10 bits per heavy atom. The first-order valence-corrected chi connectivity index (χ1v) is 8.28. The van der Waals surface area contributed by atoms with Gasteiger partial charge in [0, 0.05) is 32.2 Å². The monoisotopic (exact) mass is 284 g/mol. The summed E-state index contributed by atoms with van der Waals surface area (Å²) in [5.41, 5.74) is 2.82. The molecule has 21 heavy (non-hydrogen) atoms. The van der Waals surface area contributed by atoms with Crippen molar-refractivity contribution in [1.82, 2.24) is 10.2 Å². The molecule has 2 atom stereocenters. The van der Waals surface area contributed by atoms with E-state index in [9.17, 15) is 0 Å². The van der Waals surface area contributed by atoms with E-state index in [0.29, 0.717) is 0 Å². The van der Waals surface area contributed by atoms with E-state index in [4.69, 9.17) is 0 Å². The highest BCUT2D eigenvalue weighted by Gasteiger charge is 2.34. The molecule has 0 amide bonds. The Morgan fingerprint density at radius 3 is 2.76 bits per heavy atom. The molecule has 2 saturated heterocycles. The van der Waals surface area contributed by atoms with Gasteiger partial charge in [0.05, 0.1) is 11.9 Å². The molecule has 112 valence electrons. The van der Waals surface area contributed by atoms with Gasteiger partial charge in [-0.2, -0.15) is 5.10 Å². The van der Waals surface area contributed by atoms with Crippen molar-refractivity contribution in [3.63, 3.8) is 0 Å². The van der Waals surface area contributed by atoms with E-state index < -0.39 is 0 Å². The largest absolute Gasteiger partial charge is 0.370 e. The summed E-state index contributed by atoms with van der Waals surface area (Å²) in [6.07, 6.45) is 9.46. The van der Waals surface area contributed by atoms with Crippen LogP contribution < -0.4 is 9.80 Å². The molecule has 1 aromatic heterocycles. The topological polar surface area (TPSA) is 32.3 Å². The molecule has 3 aliphatic rings. The van der Waals surface area contributed by atoms with Crippen LogP contribution in [0.25, 0.3) is 0 Å². The lowest BCUT2D eigenvalue weighted by molar-refractivity contribution is 0.400. The van der Waals surface area contributed by atoms with E-state index in [1.807, 2.05) is 6.20 Å². The number of nitrogens with zero attached hydrogens (tertiary/aromatic N) is 4. The molecule has 0 saturated carbocycles. The number of hydrogen-bond acceptors (Lipinski definition) is 4. The van der Waals surface area contributed by atoms with Crippen LogP contribution in [0.4, 0.5) is 11.5 Å². The van der Waals surface area contributed by atoms with Gasteiger partial charge in [-0.15, -0.1) is 5.10 Å². The van der Waals surface area contributed by atoms with E-state index in [1.165, 1.54) is 44.5 Å². The molecule has 0 radical (unpaired) electrons. The standard InChI is InChI=1S/C17H24N4/c1-13-4-5-14-11-21(12-15(14)8-13)17-9-16(10-18-19-17)20-6-2-3-7-20/h4,9-10,14-15H,2-3,5-8,11-12H2,1H3/t14-,15+/m1/s1. The number of rotatable bonds is 2. The first kappa shape index (κ1) is 13.1. The predicted molar refractivity (Wildman–Crippen MR) is 85.7 cm³/mol. The highest BCUT2D eigenvalue weighted by molar-refractivity contribution is 5.54. The molecule has 4 nitrogen and oxygen atoms in total. The molecule has 4 heteroatoms. The average Bonchev–Trinajstić information content (AvgIpc) is 3.16. The van der Waals surface area contributed by atoms with Gasteiger partial charge < -0.3 is 9.80 Å². The van der Waals surface area contributed by atoms with Crippen LogP contribution in [0.2, 0.25) is 0 Å². The van der Waals surface area contributed by atoms with Gasteiger partial charge in [-0.3, -0.25) is 0 Å². The van der Waals surface area contributed by atoms with Crippen LogP contribution in [0.1, 0.15) is 32.6 Å². The van der Waals surface area contributed by atoms with Gasteiger partial charge in [-0.25, -0.2) is 0 Å². The molecule has 1 aromatic rings. The third kappa shape index (κ3) is 2.52. The maximum atomic E-state index is 4.40. The molecular formula is C17H24N4. The number of aromatic nitrogens is 2. The smallest absolute Gasteiger partial charge is 0.153 e. The van der Waals surface area contributed by atoms with Crippen molar-refractivity contribution in [3.8, 4) is 0 Å². The van der Waals surface area contributed by atoms with E-state index in [1.54, 1.807) is 5.57 Å². The van der Waals surface area contributed by atoms with Crippen molar-refractivity contribution in [2.24, 2.45) is 11.8 Å². The zero-order valence-corrected chi connectivity index (χ0v) is 12.8. The lowest BCUT2D eigenvalue weighted by atomic mass is 9.83. The molecule has 0 aromatic carbocycles. The minimum atomic E-state index is 0.811. The molecular weight excluding hydrogens is 260 g/mol. The Bertz CT molecular complexity index is 547. The van der Waals surface area contributed by atoms with Crippen LogP contribution in [0, 0.1) is 11.8 Å². The van der Waals surface area contributed by atoms with Gasteiger partial charge in [-0.05, 0) is 44.4 Å². The maximum absolute atomic E-state index is 4.40. The van der Waals surface area contributed by atoms with E-state index in [-0.39, 0.29) is 0 Å². The highest BCUT2D eigenvalue weighted by atomic mass is 15.3. The summed E-state index contributed by atoms with van der Waals surface area (Å²) in [6, 6.07) is 2.25. The summed E-state index contributed by atoms with van der Waals surface area (Å²) < 4.78 is 0. The van der Waals surface area contributed by atoms with Crippen LogP contribution in [0.5, 0.6) is 0 Å². The lowest BCUT2D eigenvalue weighted by Gasteiger charge is -2.21. The second-order valence-electron chi connectivity index (χ2n) is 6.88. The Morgan fingerprint density at radius 2 is 1.90 bits per heavy atom. The Kier molecular flexibility index (Phi) is 3.32. The van der Waals surface area contributed by atoms with Gasteiger partial charge >= 0.3 is 0 Å². The fourth-order valence-electron chi connectivity index (χ4n) is 4.12. The molecule has 0 N–H and O–H groups in total. The molecule has 0 bridgehead atoms. The van der Waals surface area contributed by atoms with Crippen molar-refractivity contribution in [2.45, 2.75) is 32.6 Å². The molecule has 0 unspecified atom stereocenters. The van der Waals surface area contributed by atoms with Crippen LogP contribution in [-0.2, 0) is 0 Å². The van der Waals surface area contributed by atoms with Crippen LogP contribution in [0.3, 0.4) is 0 Å². The average molecular weight is 284 g/mol. The first-order valence-electron chi connectivity index (χ1n) is 8.28. The molecule has 2 fully saturated rings. The third-order valence-corrected chi connectivity index (χ3v) is 5.35. The predicted octanol–water partition coefficient (Wildman–Crippen LogP) is 2.87. The molecule has 2 aliphatic heterocycles. The SMILES string of the molecule is CC1=CC[C@@H]2CN(c3cc(N4CCCC4)cnn3)C[C@@H]2C1. The van der Waals surface area contributed by atoms with Crippen LogP contribution >= 0.6 is 0 Å². The summed E-state index contributed by atoms with van der Waals surface area (Å²) in [5, 5.41) is 8.66. The normalized spacial score (nSPS) is 28.7. The summed E-state index contributed by atoms with van der Waals surface area (Å²) in [5.74, 6) is 2.70. The lowest BCUT2D eigenvalue weighted by Crippen LogP contribution is -2.23. The number of anilines is 2. The number of allylic oxidation sites excluding steroid dienone is 2. The van der Waals surface area contributed by atoms with Gasteiger partial charge in [0.25, 0.3) is 0 Å². The summed E-state index contributed by atoms with van der Waals surface area (Å²) in [7, 11) is 0. The maximum Gasteiger partial charge on any atom is 0.153 e. The van der Waals surface area contributed by atoms with Crippen molar-refractivity contribution in [3.05, 3.63) is 23.9 Å². The van der Waals surface area contributed by atoms with Crippen molar-refractivity contribution < 1.29 is 0 Å². The zero-order valence-electron chi connectivity index (χ0n) is 12.8. The van der Waals surface area contributed by atoms with Gasteiger partial charge in [0.1, 0.15) is 0 Å². The Hall–Kier alpha value is -1.58. The number of hydrogen-bond donors (Lipinski definition) is 0. The second-order valence-corrected chi connectivity index (χ2v) is 6.88. The minimum absolute atomic E-state index is 0.811. The van der Waals surface area contributed by atoms with Crippen molar-refractivity contribution in [2.75, 3.05) is 36.0 Å². The quantitative estimate of drug-likeness (QED) is 0.782. The highest BCUT2D eigenvalue weighted by Crippen LogP contribution is 2.37. The number of fused-ring (bicyclic) bond motifs is 1. The first-order chi connectivity index (χ1) is 10.3. The molecule has 1 aliphatic carbocycles. The van der Waals surface area contributed by atoms with Gasteiger partial charge in [-0.1, -0.05) is 11.6 Å². The fraction of sp³-hybridized carbons (Fsp3) is 0.647. The summed E-state index contributed by atoms with van der Waals surface area (Å²) in [4.78, 5) is 4.89. The van der Waals surface area contributed by atoms with Gasteiger partial charge in [0.15, 0.2) is 5.82 Å². The third-order valence-electron chi connectivity index (χ3n) is 5.35. The van der Waals surface area contributed by atoms with Crippen molar-refractivity contribution in [1.29, 1.82) is 0 Å². The second kappa shape index (κ2) is 5.32. The van der Waals surface area contributed by atoms with Crippen LogP contribution in [-0.4, -0.2) is 36.4 Å².